The highest BCUT2D eigenvalue weighted by Crippen LogP contribution is 2.41. The maximum atomic E-state index is 6.53. The Kier molecular flexibility index (Phi) is 4.38. The molecule has 1 saturated heterocycles. The molecule has 1 fully saturated rings. The molecule has 25 heavy (non-hydrogen) atoms. The molecular weight excluding hydrogens is 312 g/mol. The Hall–Kier alpha value is -2.07. The van der Waals surface area contributed by atoms with Gasteiger partial charge in [0.1, 0.15) is 11.4 Å². The van der Waals surface area contributed by atoms with E-state index in [9.17, 15) is 0 Å². The van der Waals surface area contributed by atoms with Crippen LogP contribution in [-0.4, -0.2) is 42.2 Å². The summed E-state index contributed by atoms with van der Waals surface area (Å²) < 4.78 is 11.9. The third-order valence-electron chi connectivity index (χ3n) is 5.73. The molecule has 2 aromatic rings. The lowest BCUT2D eigenvalue weighted by Gasteiger charge is -2.44. The van der Waals surface area contributed by atoms with Crippen molar-refractivity contribution in [3.05, 3.63) is 42.1 Å². The van der Waals surface area contributed by atoms with E-state index in [4.69, 9.17) is 9.47 Å². The van der Waals surface area contributed by atoms with Crippen molar-refractivity contribution < 1.29 is 9.47 Å². The van der Waals surface area contributed by atoms with Gasteiger partial charge in [0.15, 0.2) is 0 Å². The van der Waals surface area contributed by atoms with Crippen molar-refractivity contribution >= 4 is 0 Å². The number of benzene rings is 1. The van der Waals surface area contributed by atoms with Crippen molar-refractivity contribution in [1.82, 2.24) is 9.88 Å². The van der Waals surface area contributed by atoms with E-state index in [2.05, 4.69) is 41.1 Å². The molecular formula is C21H26N2O2. The minimum atomic E-state index is 0.0478. The van der Waals surface area contributed by atoms with Crippen LogP contribution in [0.1, 0.15) is 31.7 Å². The van der Waals surface area contributed by atoms with E-state index in [-0.39, 0.29) is 5.60 Å². The second-order valence-corrected chi connectivity index (χ2v) is 7.10. The predicted molar refractivity (Wildman–Crippen MR) is 99.3 cm³/mol. The molecule has 1 spiro atoms. The number of pyridine rings is 1. The van der Waals surface area contributed by atoms with Gasteiger partial charge in [-0.05, 0) is 67.6 Å². The number of hydrogen-bond acceptors (Lipinski definition) is 4. The molecule has 0 aliphatic carbocycles. The predicted octanol–water partition coefficient (Wildman–Crippen LogP) is 3.94. The Balaban J connectivity index is 1.58. The highest BCUT2D eigenvalue weighted by atomic mass is 16.5. The van der Waals surface area contributed by atoms with Crippen LogP contribution in [0.4, 0.5) is 0 Å². The summed E-state index contributed by atoms with van der Waals surface area (Å²) in [5, 5.41) is 0. The molecule has 0 bridgehead atoms. The summed E-state index contributed by atoms with van der Waals surface area (Å²) in [7, 11) is 1.67. The molecule has 132 valence electrons. The van der Waals surface area contributed by atoms with Crippen molar-refractivity contribution in [1.29, 1.82) is 0 Å². The molecule has 2 aliphatic heterocycles. The summed E-state index contributed by atoms with van der Waals surface area (Å²) in [6.45, 7) is 5.68. The molecule has 0 unspecified atom stereocenters. The van der Waals surface area contributed by atoms with Crippen LogP contribution in [0.5, 0.6) is 11.6 Å². The first-order valence-corrected chi connectivity index (χ1v) is 9.27. The SMILES string of the molecule is CCN1CCC2(CCc3cc(-c4cccnc4OC)ccc3O2)CC1. The van der Waals surface area contributed by atoms with Crippen LogP contribution in [0.3, 0.4) is 0 Å². The molecule has 0 N–H and O–H groups in total. The van der Waals surface area contributed by atoms with E-state index >= 15 is 0 Å². The number of likely N-dealkylation sites (tertiary alicyclic amines) is 1. The Morgan fingerprint density at radius 1 is 1.20 bits per heavy atom. The van der Waals surface area contributed by atoms with Gasteiger partial charge in [0.05, 0.1) is 7.11 Å². The minimum Gasteiger partial charge on any atom is -0.487 e. The highest BCUT2D eigenvalue weighted by Gasteiger charge is 2.39. The van der Waals surface area contributed by atoms with E-state index in [0.29, 0.717) is 5.88 Å². The van der Waals surface area contributed by atoms with E-state index in [1.807, 2.05) is 6.07 Å². The van der Waals surface area contributed by atoms with Crippen molar-refractivity contribution in [2.75, 3.05) is 26.7 Å². The van der Waals surface area contributed by atoms with Gasteiger partial charge in [0.25, 0.3) is 0 Å². The Bertz CT molecular complexity index is 751. The van der Waals surface area contributed by atoms with Crippen LogP contribution in [0.25, 0.3) is 11.1 Å². The second kappa shape index (κ2) is 6.68. The van der Waals surface area contributed by atoms with Crippen LogP contribution >= 0.6 is 0 Å². The largest absolute Gasteiger partial charge is 0.487 e. The van der Waals surface area contributed by atoms with Gasteiger partial charge >= 0.3 is 0 Å². The van der Waals surface area contributed by atoms with Gasteiger partial charge in [-0.15, -0.1) is 0 Å². The van der Waals surface area contributed by atoms with Gasteiger partial charge in [-0.25, -0.2) is 4.98 Å². The van der Waals surface area contributed by atoms with Crippen LogP contribution in [-0.2, 0) is 6.42 Å². The molecule has 3 heterocycles. The van der Waals surface area contributed by atoms with Crippen molar-refractivity contribution in [2.24, 2.45) is 0 Å². The van der Waals surface area contributed by atoms with Crippen molar-refractivity contribution in [3.63, 3.8) is 0 Å². The molecule has 0 saturated carbocycles. The lowest BCUT2D eigenvalue weighted by molar-refractivity contribution is -0.0132. The number of fused-ring (bicyclic) bond motifs is 1. The normalized spacial score (nSPS) is 19.3. The van der Waals surface area contributed by atoms with Gasteiger partial charge < -0.3 is 14.4 Å². The molecule has 1 aromatic heterocycles. The molecule has 4 rings (SSSR count). The first-order chi connectivity index (χ1) is 12.2. The Morgan fingerprint density at radius 2 is 2.04 bits per heavy atom. The van der Waals surface area contributed by atoms with E-state index in [0.717, 1.165) is 62.2 Å². The number of methoxy groups -OCH3 is 1. The highest BCUT2D eigenvalue weighted by molar-refractivity contribution is 5.70. The molecule has 1 aromatic carbocycles. The van der Waals surface area contributed by atoms with Crippen LogP contribution in [0, 0.1) is 0 Å². The molecule has 4 nitrogen and oxygen atoms in total. The van der Waals surface area contributed by atoms with E-state index < -0.39 is 0 Å². The molecule has 0 atom stereocenters. The average Bonchev–Trinajstić information content (AvgIpc) is 2.68. The van der Waals surface area contributed by atoms with Crippen LogP contribution < -0.4 is 9.47 Å². The Labute approximate surface area is 149 Å². The first kappa shape index (κ1) is 16.4. The number of nitrogens with zero attached hydrogens (tertiary/aromatic N) is 2. The maximum absolute atomic E-state index is 6.53. The standard InChI is InChI=1S/C21H26N2O2/c1-3-23-13-10-21(11-14-23)9-8-17-15-16(6-7-19(17)25-21)18-5-4-12-22-20(18)24-2/h4-7,12,15H,3,8-11,13-14H2,1-2H3. The zero-order valence-corrected chi connectivity index (χ0v) is 15.1. The number of aromatic nitrogens is 1. The summed E-state index contributed by atoms with van der Waals surface area (Å²) >= 11 is 0. The first-order valence-electron chi connectivity index (χ1n) is 9.27. The molecule has 0 radical (unpaired) electrons. The monoisotopic (exact) mass is 338 g/mol. The maximum Gasteiger partial charge on any atom is 0.221 e. The van der Waals surface area contributed by atoms with Gasteiger partial charge in [-0.2, -0.15) is 0 Å². The fourth-order valence-electron chi connectivity index (χ4n) is 4.09. The number of ether oxygens (including phenoxy) is 2. The molecule has 4 heteroatoms. The van der Waals surface area contributed by atoms with Crippen LogP contribution in [0.2, 0.25) is 0 Å². The lowest BCUT2D eigenvalue weighted by Crippen LogP contribution is -2.49. The molecule has 2 aliphatic rings. The number of aryl methyl sites for hydroxylation is 1. The fraction of sp³-hybridized carbons (Fsp3) is 0.476. The number of piperidine rings is 1. The zero-order valence-electron chi connectivity index (χ0n) is 15.1. The fourth-order valence-corrected chi connectivity index (χ4v) is 4.09. The number of rotatable bonds is 3. The second-order valence-electron chi connectivity index (χ2n) is 7.10. The van der Waals surface area contributed by atoms with Crippen molar-refractivity contribution in [3.8, 4) is 22.8 Å². The van der Waals surface area contributed by atoms with Gasteiger partial charge in [0, 0.05) is 24.8 Å². The summed E-state index contributed by atoms with van der Waals surface area (Å²) in [6.07, 6.45) is 6.23. The molecule has 0 amide bonds. The third-order valence-corrected chi connectivity index (χ3v) is 5.73. The quantitative estimate of drug-likeness (QED) is 0.849. The lowest BCUT2D eigenvalue weighted by atomic mass is 9.82. The summed E-state index contributed by atoms with van der Waals surface area (Å²) in [5.41, 5.74) is 3.52. The average molecular weight is 338 g/mol. The zero-order chi connectivity index (χ0) is 17.3. The van der Waals surface area contributed by atoms with Crippen molar-refractivity contribution in [2.45, 2.75) is 38.2 Å². The Morgan fingerprint density at radius 3 is 2.80 bits per heavy atom. The summed E-state index contributed by atoms with van der Waals surface area (Å²) in [5.74, 6) is 1.73. The third kappa shape index (κ3) is 3.11. The van der Waals surface area contributed by atoms with Crippen LogP contribution in [0.15, 0.2) is 36.5 Å². The smallest absolute Gasteiger partial charge is 0.221 e. The summed E-state index contributed by atoms with van der Waals surface area (Å²) in [4.78, 5) is 6.83. The topological polar surface area (TPSA) is 34.6 Å². The van der Waals surface area contributed by atoms with Gasteiger partial charge in [0.2, 0.25) is 5.88 Å². The van der Waals surface area contributed by atoms with Gasteiger partial charge in [-0.1, -0.05) is 13.0 Å². The summed E-state index contributed by atoms with van der Waals surface area (Å²) in [6, 6.07) is 10.5. The minimum absolute atomic E-state index is 0.0478. The van der Waals surface area contributed by atoms with E-state index in [1.165, 1.54) is 5.56 Å². The van der Waals surface area contributed by atoms with Gasteiger partial charge in [-0.3, -0.25) is 0 Å². The number of hydrogen-bond donors (Lipinski definition) is 0. The van der Waals surface area contributed by atoms with E-state index in [1.54, 1.807) is 13.3 Å².